The van der Waals surface area contributed by atoms with Crippen molar-refractivity contribution in [1.82, 2.24) is 40.5 Å². The normalized spacial score (nSPS) is 23.9. The molecule has 0 aliphatic carbocycles. The second kappa shape index (κ2) is 9.18. The highest BCUT2D eigenvalue weighted by molar-refractivity contribution is 5.89. The van der Waals surface area contributed by atoms with E-state index in [2.05, 4.69) is 26.1 Å². The summed E-state index contributed by atoms with van der Waals surface area (Å²) in [6, 6.07) is 1.91. The minimum atomic E-state index is -0.462. The molecule has 12 heteroatoms. The summed E-state index contributed by atoms with van der Waals surface area (Å²) >= 11 is 0. The fourth-order valence-electron chi connectivity index (χ4n) is 5.11. The van der Waals surface area contributed by atoms with Crippen LogP contribution < -0.4 is 20.7 Å². The summed E-state index contributed by atoms with van der Waals surface area (Å²) in [5, 5.41) is 19.2. The molecule has 3 N–H and O–H groups in total. The zero-order valence-electron chi connectivity index (χ0n) is 21.0. The maximum Gasteiger partial charge on any atom is 0.225 e. The summed E-state index contributed by atoms with van der Waals surface area (Å²) in [5.74, 6) is 0.768. The summed E-state index contributed by atoms with van der Waals surface area (Å²) in [7, 11) is 3.73. The Hall–Kier alpha value is -3.93. The molecule has 3 aromatic rings. The summed E-state index contributed by atoms with van der Waals surface area (Å²) < 4.78 is 16.1. The van der Waals surface area contributed by atoms with Gasteiger partial charge < -0.3 is 25.4 Å². The molecule has 2 saturated heterocycles. The summed E-state index contributed by atoms with van der Waals surface area (Å²) in [6.07, 6.45) is 6.05. The van der Waals surface area contributed by atoms with Crippen molar-refractivity contribution >= 4 is 34.5 Å². The Balaban J connectivity index is 1.30. The molecule has 3 aliphatic rings. The molecule has 3 aromatic heterocycles. The predicted molar refractivity (Wildman–Crippen MR) is 134 cm³/mol. The standard InChI is InChI=1S/C25H30N8O4/c1-13(15-5-23(35)27-9-15)37-25-17-11-33(3)31-19(17)7-21(29-25)20-6-18-16(10-32(2)30-18)24(28-20)36-12-14-4-22(34)26-8-14/h6-7,10-11,13-15,25,29H,4-5,8-9,12H2,1-3H3,(H,26,34)(H,27,35). The van der Waals surface area contributed by atoms with E-state index in [0.717, 1.165) is 27.9 Å². The van der Waals surface area contributed by atoms with Crippen molar-refractivity contribution in [1.29, 1.82) is 0 Å². The zero-order chi connectivity index (χ0) is 25.7. The highest BCUT2D eigenvalue weighted by Crippen LogP contribution is 2.34. The minimum Gasteiger partial charge on any atom is -0.477 e. The number of nitrogens with zero attached hydrogens (tertiary/aromatic N) is 5. The molecule has 0 aromatic carbocycles. The van der Waals surface area contributed by atoms with Crippen molar-refractivity contribution in [2.75, 3.05) is 19.7 Å². The zero-order valence-corrected chi connectivity index (χ0v) is 21.0. The number of hydrogen-bond acceptors (Lipinski definition) is 8. The van der Waals surface area contributed by atoms with E-state index in [1.807, 2.05) is 45.6 Å². The average molecular weight is 507 g/mol. The number of aryl methyl sites for hydroxylation is 2. The quantitative estimate of drug-likeness (QED) is 0.429. The Morgan fingerprint density at radius 2 is 1.86 bits per heavy atom. The first kappa shape index (κ1) is 23.5. The third-order valence-electron chi connectivity index (χ3n) is 7.14. The van der Waals surface area contributed by atoms with Gasteiger partial charge in [-0.1, -0.05) is 0 Å². The SMILES string of the molecule is CC(OC1NC(c2cc3nn(C)cc3c(OCC3CNC(=O)C3)n2)=Cc2nn(C)cc21)C1CNC(=O)C1. The number of rotatable bonds is 7. The monoisotopic (exact) mass is 506 g/mol. The smallest absolute Gasteiger partial charge is 0.225 e. The van der Waals surface area contributed by atoms with Crippen molar-refractivity contribution in [3.05, 3.63) is 35.4 Å². The van der Waals surface area contributed by atoms with Crippen LogP contribution in [0.15, 0.2) is 18.5 Å². The molecule has 0 spiro atoms. The highest BCUT2D eigenvalue weighted by Gasteiger charge is 2.33. The predicted octanol–water partition coefficient (Wildman–Crippen LogP) is 0.858. The first-order valence-corrected chi connectivity index (χ1v) is 12.5. The van der Waals surface area contributed by atoms with Gasteiger partial charge in [-0.05, 0) is 19.1 Å². The van der Waals surface area contributed by atoms with Gasteiger partial charge in [0.05, 0.1) is 40.7 Å². The van der Waals surface area contributed by atoms with Crippen LogP contribution in [0.5, 0.6) is 5.88 Å². The number of hydrogen-bond donors (Lipinski definition) is 3. The maximum atomic E-state index is 11.7. The van der Waals surface area contributed by atoms with Gasteiger partial charge in [-0.25, -0.2) is 4.98 Å². The van der Waals surface area contributed by atoms with Crippen LogP contribution >= 0.6 is 0 Å². The van der Waals surface area contributed by atoms with Gasteiger partial charge in [0.2, 0.25) is 17.7 Å². The van der Waals surface area contributed by atoms with Crippen molar-refractivity contribution in [3.63, 3.8) is 0 Å². The molecule has 37 heavy (non-hydrogen) atoms. The van der Waals surface area contributed by atoms with E-state index in [0.29, 0.717) is 44.1 Å². The fourth-order valence-corrected chi connectivity index (χ4v) is 5.11. The van der Waals surface area contributed by atoms with Gasteiger partial charge in [-0.15, -0.1) is 0 Å². The van der Waals surface area contributed by atoms with Crippen LogP contribution in [-0.4, -0.2) is 62.2 Å². The van der Waals surface area contributed by atoms with Crippen molar-refractivity contribution in [2.24, 2.45) is 25.9 Å². The number of carbonyl (C=O) groups is 2. The lowest BCUT2D eigenvalue weighted by molar-refractivity contribution is -0.120. The number of carbonyl (C=O) groups excluding carboxylic acids is 2. The molecule has 4 unspecified atom stereocenters. The number of ether oxygens (including phenoxy) is 2. The van der Waals surface area contributed by atoms with E-state index in [1.165, 1.54) is 0 Å². The lowest BCUT2D eigenvalue weighted by Gasteiger charge is -2.30. The third kappa shape index (κ3) is 4.64. The molecule has 6 heterocycles. The van der Waals surface area contributed by atoms with Crippen LogP contribution in [0.4, 0.5) is 0 Å². The van der Waals surface area contributed by atoms with Crippen LogP contribution in [0, 0.1) is 11.8 Å². The van der Waals surface area contributed by atoms with Crippen molar-refractivity contribution < 1.29 is 19.1 Å². The Bertz CT molecular complexity index is 1410. The molecule has 0 bridgehead atoms. The third-order valence-corrected chi connectivity index (χ3v) is 7.14. The van der Waals surface area contributed by atoms with E-state index in [1.54, 1.807) is 9.36 Å². The van der Waals surface area contributed by atoms with Gasteiger partial charge in [0.25, 0.3) is 0 Å². The van der Waals surface area contributed by atoms with E-state index < -0.39 is 6.23 Å². The molecular weight excluding hydrogens is 476 g/mol. The first-order chi connectivity index (χ1) is 17.8. The highest BCUT2D eigenvalue weighted by atomic mass is 16.5. The van der Waals surface area contributed by atoms with E-state index in [-0.39, 0.29) is 29.8 Å². The van der Waals surface area contributed by atoms with Gasteiger partial charge in [0.1, 0.15) is 0 Å². The number of aromatic nitrogens is 5. The van der Waals surface area contributed by atoms with Gasteiger partial charge >= 0.3 is 0 Å². The van der Waals surface area contributed by atoms with Crippen LogP contribution in [0.1, 0.15) is 42.9 Å². The fraction of sp³-hybridized carbons (Fsp3) is 0.480. The Kier molecular flexibility index (Phi) is 5.82. The lowest BCUT2D eigenvalue weighted by Crippen LogP contribution is -2.32. The van der Waals surface area contributed by atoms with Gasteiger partial charge in [-0.3, -0.25) is 19.0 Å². The minimum absolute atomic E-state index is 0.0441. The van der Waals surface area contributed by atoms with Crippen LogP contribution in [0.2, 0.25) is 0 Å². The maximum absolute atomic E-state index is 11.7. The average Bonchev–Trinajstić information content (AvgIpc) is 3.63. The molecule has 2 fully saturated rings. The lowest BCUT2D eigenvalue weighted by atomic mass is 10.0. The molecule has 0 radical (unpaired) electrons. The molecule has 12 nitrogen and oxygen atoms in total. The number of nitrogens with one attached hydrogen (secondary N) is 3. The molecule has 4 atom stereocenters. The Morgan fingerprint density at radius 1 is 1.08 bits per heavy atom. The Morgan fingerprint density at radius 3 is 2.62 bits per heavy atom. The molecule has 0 saturated carbocycles. The van der Waals surface area contributed by atoms with Crippen molar-refractivity contribution in [2.45, 2.75) is 32.1 Å². The van der Waals surface area contributed by atoms with Gasteiger partial charge in [0.15, 0.2) is 6.23 Å². The number of pyridine rings is 1. The first-order valence-electron chi connectivity index (χ1n) is 12.5. The summed E-state index contributed by atoms with van der Waals surface area (Å²) in [5.41, 5.74) is 3.84. The molecule has 3 aliphatic heterocycles. The Labute approximate surface area is 213 Å². The van der Waals surface area contributed by atoms with Gasteiger partial charge in [-0.2, -0.15) is 10.2 Å². The second-order valence-corrected chi connectivity index (χ2v) is 10.1. The van der Waals surface area contributed by atoms with Crippen LogP contribution in [0.25, 0.3) is 22.7 Å². The largest absolute Gasteiger partial charge is 0.477 e. The molecular formula is C25H30N8O4. The number of amides is 2. The van der Waals surface area contributed by atoms with Crippen LogP contribution in [0.3, 0.4) is 0 Å². The molecule has 194 valence electrons. The number of fused-ring (bicyclic) bond motifs is 2. The van der Waals surface area contributed by atoms with E-state index in [4.69, 9.17) is 14.5 Å². The summed E-state index contributed by atoms with van der Waals surface area (Å²) in [4.78, 5) is 28.2. The van der Waals surface area contributed by atoms with Crippen LogP contribution in [-0.2, 0) is 28.4 Å². The molecule has 6 rings (SSSR count). The topological polar surface area (TPSA) is 137 Å². The second-order valence-electron chi connectivity index (χ2n) is 10.1. The van der Waals surface area contributed by atoms with Gasteiger partial charge in [0, 0.05) is 69.8 Å². The van der Waals surface area contributed by atoms with E-state index in [9.17, 15) is 9.59 Å². The summed E-state index contributed by atoms with van der Waals surface area (Å²) in [6.45, 7) is 3.58. The van der Waals surface area contributed by atoms with Crippen molar-refractivity contribution in [3.8, 4) is 5.88 Å². The van der Waals surface area contributed by atoms with E-state index >= 15 is 0 Å². The molecule has 2 amide bonds.